The van der Waals surface area contributed by atoms with Crippen molar-refractivity contribution in [3.8, 4) is 0 Å². The fraction of sp³-hybridized carbons (Fsp3) is 0. The highest BCUT2D eigenvalue weighted by molar-refractivity contribution is 6.02. The lowest BCUT2D eigenvalue weighted by Gasteiger charge is -2.05. The number of nitro groups is 1. The molecule has 1 heterocycles. The predicted octanol–water partition coefficient (Wildman–Crippen LogP) is 2.17. The van der Waals surface area contributed by atoms with E-state index in [0.717, 1.165) is 0 Å². The zero-order valence-corrected chi connectivity index (χ0v) is 9.71. The Morgan fingerprint density at radius 3 is 2.63 bits per heavy atom. The SMILES string of the molecule is Nc1ccc([N+](=O)[O-])c2[nH]c3ccccc3c(=O)c12. The Kier molecular flexibility index (Phi) is 2.25. The molecule has 94 valence electrons. The number of benzene rings is 2. The van der Waals surface area contributed by atoms with E-state index >= 15 is 0 Å². The highest BCUT2D eigenvalue weighted by Crippen LogP contribution is 2.27. The number of H-pyrrole nitrogens is 1. The average molecular weight is 255 g/mol. The van der Waals surface area contributed by atoms with Crippen molar-refractivity contribution < 1.29 is 4.92 Å². The molecule has 1 aromatic heterocycles. The van der Waals surface area contributed by atoms with E-state index in [1.807, 2.05) is 0 Å². The molecule has 0 spiro atoms. The van der Waals surface area contributed by atoms with Crippen molar-refractivity contribution in [1.82, 2.24) is 4.98 Å². The van der Waals surface area contributed by atoms with Crippen LogP contribution in [0.5, 0.6) is 0 Å². The van der Waals surface area contributed by atoms with Crippen LogP contribution in [0, 0.1) is 10.1 Å². The maximum Gasteiger partial charge on any atom is 0.293 e. The van der Waals surface area contributed by atoms with Crippen molar-refractivity contribution in [2.24, 2.45) is 0 Å². The Labute approximate surface area is 106 Å². The summed E-state index contributed by atoms with van der Waals surface area (Å²) in [4.78, 5) is 25.8. The lowest BCUT2D eigenvalue weighted by Crippen LogP contribution is -2.08. The summed E-state index contributed by atoms with van der Waals surface area (Å²) < 4.78 is 0. The summed E-state index contributed by atoms with van der Waals surface area (Å²) >= 11 is 0. The van der Waals surface area contributed by atoms with Crippen LogP contribution in [0.25, 0.3) is 21.8 Å². The lowest BCUT2D eigenvalue weighted by atomic mass is 10.1. The van der Waals surface area contributed by atoms with E-state index in [9.17, 15) is 14.9 Å². The molecule has 0 fully saturated rings. The second kappa shape index (κ2) is 3.81. The molecular formula is C13H9N3O3. The van der Waals surface area contributed by atoms with Crippen LogP contribution in [0.15, 0.2) is 41.2 Å². The molecule has 3 rings (SSSR count). The van der Waals surface area contributed by atoms with Gasteiger partial charge in [-0.05, 0) is 18.2 Å². The van der Waals surface area contributed by atoms with E-state index in [0.29, 0.717) is 10.9 Å². The van der Waals surface area contributed by atoms with Crippen LogP contribution in [0.3, 0.4) is 0 Å². The number of para-hydroxylation sites is 1. The minimum atomic E-state index is -0.535. The number of nitrogens with zero attached hydrogens (tertiary/aromatic N) is 1. The summed E-state index contributed by atoms with van der Waals surface area (Å²) in [5, 5.41) is 11.6. The van der Waals surface area contributed by atoms with Crippen molar-refractivity contribution in [2.45, 2.75) is 0 Å². The molecule has 3 aromatic rings. The summed E-state index contributed by atoms with van der Waals surface area (Å²) in [5.41, 5.74) is 6.25. The zero-order chi connectivity index (χ0) is 13.6. The first-order valence-electron chi connectivity index (χ1n) is 5.57. The highest BCUT2D eigenvalue weighted by Gasteiger charge is 2.17. The van der Waals surface area contributed by atoms with Crippen LogP contribution >= 0.6 is 0 Å². The van der Waals surface area contributed by atoms with Gasteiger partial charge in [-0.25, -0.2) is 0 Å². The van der Waals surface area contributed by atoms with Crippen molar-refractivity contribution >= 4 is 33.2 Å². The Hall–Kier alpha value is -2.89. The quantitative estimate of drug-likeness (QED) is 0.301. The first-order chi connectivity index (χ1) is 9.09. The highest BCUT2D eigenvalue weighted by atomic mass is 16.6. The normalized spacial score (nSPS) is 10.9. The Bertz CT molecular complexity index is 883. The monoisotopic (exact) mass is 255 g/mol. The second-order valence-electron chi connectivity index (χ2n) is 4.18. The smallest absolute Gasteiger partial charge is 0.293 e. The largest absolute Gasteiger partial charge is 0.398 e. The number of pyridine rings is 1. The third-order valence-electron chi connectivity index (χ3n) is 3.07. The number of fused-ring (bicyclic) bond motifs is 2. The standard InChI is InChI=1S/C13H9N3O3/c14-8-5-6-10(16(18)19)12-11(8)13(17)7-3-1-2-4-9(7)15-12/h1-6H,14H2,(H,15,17). The number of aromatic amines is 1. The van der Waals surface area contributed by atoms with Crippen molar-refractivity contribution in [3.05, 3.63) is 56.7 Å². The number of anilines is 1. The number of hydrogen-bond donors (Lipinski definition) is 2. The number of nitrogens with one attached hydrogen (secondary N) is 1. The van der Waals surface area contributed by atoms with Crippen LogP contribution in [0.1, 0.15) is 0 Å². The first-order valence-corrected chi connectivity index (χ1v) is 5.57. The van der Waals surface area contributed by atoms with E-state index in [-0.39, 0.29) is 27.7 Å². The van der Waals surface area contributed by atoms with Gasteiger partial charge in [-0.3, -0.25) is 14.9 Å². The topological polar surface area (TPSA) is 102 Å². The predicted molar refractivity (Wildman–Crippen MR) is 73.1 cm³/mol. The Morgan fingerprint density at radius 2 is 1.89 bits per heavy atom. The summed E-state index contributed by atoms with van der Waals surface area (Å²) in [6.45, 7) is 0. The number of non-ortho nitro benzene ring substituents is 1. The Morgan fingerprint density at radius 1 is 1.16 bits per heavy atom. The van der Waals surface area contributed by atoms with Crippen LogP contribution in [-0.4, -0.2) is 9.91 Å². The third-order valence-corrected chi connectivity index (χ3v) is 3.07. The van der Waals surface area contributed by atoms with Crippen LogP contribution in [0.4, 0.5) is 11.4 Å². The molecule has 2 aromatic carbocycles. The Balaban J connectivity index is 2.64. The van der Waals surface area contributed by atoms with Crippen molar-refractivity contribution in [3.63, 3.8) is 0 Å². The average Bonchev–Trinajstić information content (AvgIpc) is 2.38. The molecule has 0 bridgehead atoms. The number of nitrogen functional groups attached to an aromatic ring is 1. The number of aromatic nitrogens is 1. The molecular weight excluding hydrogens is 246 g/mol. The summed E-state index contributed by atoms with van der Waals surface area (Å²) in [5.74, 6) is 0. The lowest BCUT2D eigenvalue weighted by molar-refractivity contribution is -0.383. The molecule has 0 unspecified atom stereocenters. The van der Waals surface area contributed by atoms with E-state index in [1.165, 1.54) is 12.1 Å². The maximum atomic E-state index is 12.4. The summed E-state index contributed by atoms with van der Waals surface area (Å²) in [6, 6.07) is 9.51. The molecule has 19 heavy (non-hydrogen) atoms. The van der Waals surface area contributed by atoms with Crippen LogP contribution in [-0.2, 0) is 0 Å². The summed E-state index contributed by atoms with van der Waals surface area (Å²) in [6.07, 6.45) is 0. The minimum Gasteiger partial charge on any atom is -0.398 e. The maximum absolute atomic E-state index is 12.4. The van der Waals surface area contributed by atoms with Gasteiger partial charge in [0, 0.05) is 22.7 Å². The van der Waals surface area contributed by atoms with Gasteiger partial charge in [0.15, 0.2) is 5.43 Å². The number of nitro benzene ring substituents is 1. The fourth-order valence-corrected chi connectivity index (χ4v) is 2.19. The van der Waals surface area contributed by atoms with Gasteiger partial charge in [-0.15, -0.1) is 0 Å². The summed E-state index contributed by atoms with van der Waals surface area (Å²) in [7, 11) is 0. The van der Waals surface area contributed by atoms with Gasteiger partial charge in [0.1, 0.15) is 5.52 Å². The van der Waals surface area contributed by atoms with Crippen molar-refractivity contribution in [2.75, 3.05) is 5.73 Å². The molecule has 0 atom stereocenters. The van der Waals surface area contributed by atoms with Gasteiger partial charge in [0.2, 0.25) is 0 Å². The van der Waals surface area contributed by atoms with Gasteiger partial charge in [-0.1, -0.05) is 12.1 Å². The van der Waals surface area contributed by atoms with Gasteiger partial charge in [0.05, 0.1) is 10.3 Å². The number of hydrogen-bond acceptors (Lipinski definition) is 4. The molecule has 0 radical (unpaired) electrons. The van der Waals surface area contributed by atoms with E-state index in [2.05, 4.69) is 4.98 Å². The molecule has 0 aliphatic carbocycles. The molecule has 0 amide bonds. The van der Waals surface area contributed by atoms with Crippen LogP contribution in [0.2, 0.25) is 0 Å². The van der Waals surface area contributed by atoms with E-state index < -0.39 is 4.92 Å². The molecule has 3 N–H and O–H groups in total. The van der Waals surface area contributed by atoms with E-state index in [1.54, 1.807) is 24.3 Å². The first kappa shape index (κ1) is 11.2. The van der Waals surface area contributed by atoms with Gasteiger partial charge in [0.25, 0.3) is 5.69 Å². The van der Waals surface area contributed by atoms with Crippen LogP contribution < -0.4 is 11.2 Å². The molecule has 0 aliphatic heterocycles. The number of rotatable bonds is 1. The van der Waals surface area contributed by atoms with Crippen molar-refractivity contribution in [1.29, 1.82) is 0 Å². The van der Waals surface area contributed by atoms with Gasteiger partial charge >= 0.3 is 0 Å². The molecule has 6 heteroatoms. The van der Waals surface area contributed by atoms with E-state index in [4.69, 9.17) is 5.73 Å². The molecule has 6 nitrogen and oxygen atoms in total. The third kappa shape index (κ3) is 1.54. The number of nitrogens with two attached hydrogens (primary N) is 1. The molecule has 0 aliphatic rings. The zero-order valence-electron chi connectivity index (χ0n) is 9.71. The second-order valence-corrected chi connectivity index (χ2v) is 4.18. The van der Waals surface area contributed by atoms with Gasteiger partial charge in [-0.2, -0.15) is 0 Å². The molecule has 0 saturated carbocycles. The van der Waals surface area contributed by atoms with Gasteiger partial charge < -0.3 is 10.7 Å². The fourth-order valence-electron chi connectivity index (χ4n) is 2.19. The minimum absolute atomic E-state index is 0.160. The molecule has 0 saturated heterocycles.